The summed E-state index contributed by atoms with van der Waals surface area (Å²) < 4.78 is 6.13. The molecule has 2 aliphatic carbocycles. The number of carbonyl (C=O) groups excluding carboxylic acids is 1. The van der Waals surface area contributed by atoms with Crippen LogP contribution < -0.4 is 4.74 Å². The molecular weight excluding hydrogens is 410 g/mol. The maximum Gasteiger partial charge on any atom is 0.320 e. The van der Waals surface area contributed by atoms with Crippen LogP contribution in [0.25, 0.3) is 5.57 Å². The fraction of sp³-hybridized carbons (Fsp3) is 0.679. The molecule has 5 heteroatoms. The topological polar surface area (TPSA) is 36.0 Å². The zero-order valence-electron chi connectivity index (χ0n) is 20.2. The summed E-state index contributed by atoms with van der Waals surface area (Å²) in [6, 6.07) is 9.36. The van der Waals surface area contributed by atoms with Gasteiger partial charge in [0.25, 0.3) is 0 Å². The number of urea groups is 1. The standard InChI is InChI=1S/C28H41N3O2/c32-28-30(20-21-31(28)25-8-2-1-3-9-25)17-7-6-16-29-18-14-24(15-19-29)26-10-4-5-11-27(26)33-22-23-12-13-23/h4-5,10-11,14,23,25H,1-3,6-9,12-13,15-22H2. The first kappa shape index (κ1) is 22.8. The Kier molecular flexibility index (Phi) is 7.55. The lowest BCUT2D eigenvalue weighted by molar-refractivity contribution is 0.162. The Bertz CT molecular complexity index is 828. The number of amides is 2. The molecule has 0 bridgehead atoms. The first-order chi connectivity index (χ1) is 16.3. The summed E-state index contributed by atoms with van der Waals surface area (Å²) in [6.45, 7) is 6.91. The lowest BCUT2D eigenvalue weighted by Crippen LogP contribution is -2.40. The normalized spacial score (nSPS) is 22.7. The van der Waals surface area contributed by atoms with E-state index in [2.05, 4.69) is 45.0 Å². The van der Waals surface area contributed by atoms with Crippen LogP contribution in [-0.4, -0.2) is 72.6 Å². The minimum atomic E-state index is 0.301. The Balaban J connectivity index is 1.03. The van der Waals surface area contributed by atoms with Crippen molar-refractivity contribution in [2.45, 2.75) is 70.3 Å². The molecule has 2 saturated carbocycles. The van der Waals surface area contributed by atoms with Gasteiger partial charge in [0, 0.05) is 44.3 Å². The monoisotopic (exact) mass is 451 g/mol. The highest BCUT2D eigenvalue weighted by Crippen LogP contribution is 2.34. The van der Waals surface area contributed by atoms with Crippen molar-refractivity contribution >= 4 is 11.6 Å². The third-order valence-electron chi connectivity index (χ3n) is 7.99. The van der Waals surface area contributed by atoms with Crippen LogP contribution in [0.1, 0.15) is 69.8 Å². The number of nitrogens with zero attached hydrogens (tertiary/aromatic N) is 3. The van der Waals surface area contributed by atoms with Crippen molar-refractivity contribution in [3.63, 3.8) is 0 Å². The molecule has 0 spiro atoms. The molecular formula is C28H41N3O2. The van der Waals surface area contributed by atoms with Gasteiger partial charge in [0.05, 0.1) is 6.61 Å². The number of ether oxygens (including phenoxy) is 1. The van der Waals surface area contributed by atoms with Gasteiger partial charge in [0.1, 0.15) is 5.75 Å². The second-order valence-corrected chi connectivity index (χ2v) is 10.5. The number of rotatable bonds is 10. The molecule has 2 amide bonds. The fourth-order valence-corrected chi connectivity index (χ4v) is 5.69. The number of hydrogen-bond acceptors (Lipinski definition) is 3. The quantitative estimate of drug-likeness (QED) is 0.446. The molecule has 0 N–H and O–H groups in total. The number of para-hydroxylation sites is 1. The van der Waals surface area contributed by atoms with Gasteiger partial charge < -0.3 is 14.5 Å². The molecule has 0 aromatic heterocycles. The molecule has 0 unspecified atom stereocenters. The summed E-state index contributed by atoms with van der Waals surface area (Å²) in [4.78, 5) is 19.6. The molecule has 3 fully saturated rings. The van der Waals surface area contributed by atoms with Crippen molar-refractivity contribution < 1.29 is 9.53 Å². The average Bonchev–Trinajstić information content (AvgIpc) is 3.63. The van der Waals surface area contributed by atoms with Crippen molar-refractivity contribution in [2.24, 2.45) is 5.92 Å². The third-order valence-corrected chi connectivity index (χ3v) is 7.99. The summed E-state index contributed by atoms with van der Waals surface area (Å²) >= 11 is 0. The summed E-state index contributed by atoms with van der Waals surface area (Å²) in [5.41, 5.74) is 2.72. The van der Waals surface area contributed by atoms with E-state index in [1.165, 1.54) is 56.1 Å². The van der Waals surface area contributed by atoms with E-state index in [1.807, 2.05) is 0 Å². The molecule has 2 aliphatic heterocycles. The molecule has 5 rings (SSSR count). The van der Waals surface area contributed by atoms with Crippen molar-refractivity contribution in [2.75, 3.05) is 45.9 Å². The molecule has 33 heavy (non-hydrogen) atoms. The molecule has 1 saturated heterocycles. The first-order valence-corrected chi connectivity index (χ1v) is 13.5. The minimum absolute atomic E-state index is 0.301. The highest BCUT2D eigenvalue weighted by atomic mass is 16.5. The molecule has 1 aromatic carbocycles. The van der Waals surface area contributed by atoms with E-state index in [0.717, 1.165) is 76.8 Å². The Hall–Kier alpha value is -2.01. The van der Waals surface area contributed by atoms with Gasteiger partial charge in [-0.1, -0.05) is 43.5 Å². The second kappa shape index (κ2) is 10.9. The first-order valence-electron chi connectivity index (χ1n) is 13.5. The van der Waals surface area contributed by atoms with Gasteiger partial charge in [-0.2, -0.15) is 0 Å². The average molecular weight is 452 g/mol. The van der Waals surface area contributed by atoms with E-state index in [9.17, 15) is 4.79 Å². The summed E-state index contributed by atoms with van der Waals surface area (Å²) in [7, 11) is 0. The fourth-order valence-electron chi connectivity index (χ4n) is 5.69. The van der Waals surface area contributed by atoms with Crippen LogP contribution in [0.2, 0.25) is 0 Å². The van der Waals surface area contributed by atoms with Gasteiger partial charge in [-0.05, 0) is 69.0 Å². The SMILES string of the molecule is O=C1N(CCCCN2CC=C(c3ccccc3OCC3CC3)CC2)CCN1C1CCCCC1. The lowest BCUT2D eigenvalue weighted by atomic mass is 9.94. The molecule has 0 radical (unpaired) electrons. The lowest BCUT2D eigenvalue weighted by Gasteiger charge is -2.31. The molecule has 5 nitrogen and oxygen atoms in total. The molecule has 0 atom stereocenters. The van der Waals surface area contributed by atoms with E-state index >= 15 is 0 Å². The van der Waals surface area contributed by atoms with E-state index in [1.54, 1.807) is 0 Å². The van der Waals surface area contributed by atoms with E-state index in [4.69, 9.17) is 4.74 Å². The smallest absolute Gasteiger partial charge is 0.320 e. The van der Waals surface area contributed by atoms with Crippen molar-refractivity contribution in [3.05, 3.63) is 35.9 Å². The summed E-state index contributed by atoms with van der Waals surface area (Å²) in [6.07, 6.45) is 14.7. The van der Waals surface area contributed by atoms with Crippen LogP contribution in [0.4, 0.5) is 4.79 Å². The highest BCUT2D eigenvalue weighted by molar-refractivity contribution is 5.77. The molecule has 2 heterocycles. The minimum Gasteiger partial charge on any atom is -0.493 e. The summed E-state index contributed by atoms with van der Waals surface area (Å²) in [5, 5.41) is 0. The molecule has 4 aliphatic rings. The van der Waals surface area contributed by atoms with Crippen LogP contribution in [0, 0.1) is 5.92 Å². The third kappa shape index (κ3) is 5.92. The van der Waals surface area contributed by atoms with Gasteiger partial charge in [0.15, 0.2) is 0 Å². The van der Waals surface area contributed by atoms with Gasteiger partial charge in [0.2, 0.25) is 0 Å². The van der Waals surface area contributed by atoms with E-state index in [0.29, 0.717) is 12.1 Å². The van der Waals surface area contributed by atoms with Crippen molar-refractivity contribution in [1.82, 2.24) is 14.7 Å². The zero-order valence-corrected chi connectivity index (χ0v) is 20.2. The maximum absolute atomic E-state index is 12.8. The highest BCUT2D eigenvalue weighted by Gasteiger charge is 2.33. The Morgan fingerprint density at radius 1 is 0.909 bits per heavy atom. The maximum atomic E-state index is 12.8. The van der Waals surface area contributed by atoms with Gasteiger partial charge in [-0.15, -0.1) is 0 Å². The van der Waals surface area contributed by atoms with Crippen molar-refractivity contribution in [3.8, 4) is 5.75 Å². The van der Waals surface area contributed by atoms with E-state index in [-0.39, 0.29) is 0 Å². The van der Waals surface area contributed by atoms with Gasteiger partial charge >= 0.3 is 6.03 Å². The number of hydrogen-bond donors (Lipinski definition) is 0. The number of benzene rings is 1. The van der Waals surface area contributed by atoms with Crippen LogP contribution in [-0.2, 0) is 0 Å². The largest absolute Gasteiger partial charge is 0.493 e. The Labute approximate surface area is 199 Å². The predicted octanol–water partition coefficient (Wildman–Crippen LogP) is 5.42. The molecule has 180 valence electrons. The van der Waals surface area contributed by atoms with Crippen LogP contribution in [0.5, 0.6) is 5.75 Å². The van der Waals surface area contributed by atoms with Crippen LogP contribution in [0.15, 0.2) is 30.3 Å². The molecule has 1 aromatic rings. The second-order valence-electron chi connectivity index (χ2n) is 10.5. The van der Waals surface area contributed by atoms with Gasteiger partial charge in [-0.25, -0.2) is 4.79 Å². The zero-order chi connectivity index (χ0) is 22.5. The summed E-state index contributed by atoms with van der Waals surface area (Å²) in [5.74, 6) is 1.83. The van der Waals surface area contributed by atoms with E-state index < -0.39 is 0 Å². The number of carbonyl (C=O) groups is 1. The Morgan fingerprint density at radius 3 is 2.52 bits per heavy atom. The predicted molar refractivity (Wildman–Crippen MR) is 133 cm³/mol. The Morgan fingerprint density at radius 2 is 1.73 bits per heavy atom. The van der Waals surface area contributed by atoms with Gasteiger partial charge in [-0.3, -0.25) is 4.90 Å². The number of unbranched alkanes of at least 4 members (excludes halogenated alkanes) is 1. The van der Waals surface area contributed by atoms with Crippen molar-refractivity contribution in [1.29, 1.82) is 0 Å². The van der Waals surface area contributed by atoms with Crippen LogP contribution >= 0.6 is 0 Å². The van der Waals surface area contributed by atoms with Crippen LogP contribution in [0.3, 0.4) is 0 Å².